The molecular formula is C16H19N5O. The standard InChI is InChI=1S/C16H19N5O/c1-10-14(11(2)22)15(20-16(19-10)18-9-17)12-5-7-13(8-6-12)21(3)4/h5-8,15H,1-4H3,(H2,18,19,20)/t15-/m1/s1. The summed E-state index contributed by atoms with van der Waals surface area (Å²) in [5.41, 5.74) is 3.30. The van der Waals surface area contributed by atoms with Crippen LogP contribution in [0, 0.1) is 11.5 Å². The molecule has 1 aromatic rings. The SMILES string of the molecule is CC(=O)C1=C(C)NC(NC#N)=N[C@@H]1c1ccc(N(C)C)cc1. The number of anilines is 1. The second-order valence-electron chi connectivity index (χ2n) is 5.32. The van der Waals surface area contributed by atoms with E-state index in [2.05, 4.69) is 15.6 Å². The minimum Gasteiger partial charge on any atom is -0.378 e. The molecule has 0 saturated heterocycles. The quantitative estimate of drug-likeness (QED) is 0.655. The van der Waals surface area contributed by atoms with Crippen LogP contribution in [0.3, 0.4) is 0 Å². The van der Waals surface area contributed by atoms with E-state index in [9.17, 15) is 4.79 Å². The average Bonchev–Trinajstić information content (AvgIpc) is 2.46. The second kappa shape index (κ2) is 6.31. The highest BCUT2D eigenvalue weighted by Gasteiger charge is 2.27. The van der Waals surface area contributed by atoms with Crippen molar-refractivity contribution in [1.29, 1.82) is 5.26 Å². The van der Waals surface area contributed by atoms with Crippen LogP contribution in [0.4, 0.5) is 5.69 Å². The number of rotatable bonds is 3. The van der Waals surface area contributed by atoms with Crippen LogP contribution in [-0.2, 0) is 4.79 Å². The van der Waals surface area contributed by atoms with Gasteiger partial charge in [0.05, 0.1) is 0 Å². The van der Waals surface area contributed by atoms with Gasteiger partial charge in [0.2, 0.25) is 5.96 Å². The number of hydrogen-bond donors (Lipinski definition) is 2. The molecule has 0 aromatic heterocycles. The van der Waals surface area contributed by atoms with Gasteiger partial charge in [-0.3, -0.25) is 10.1 Å². The maximum Gasteiger partial charge on any atom is 0.209 e. The van der Waals surface area contributed by atoms with E-state index in [4.69, 9.17) is 5.26 Å². The largest absolute Gasteiger partial charge is 0.378 e. The molecule has 0 fully saturated rings. The van der Waals surface area contributed by atoms with Gasteiger partial charge in [-0.05, 0) is 31.5 Å². The van der Waals surface area contributed by atoms with Gasteiger partial charge in [0.1, 0.15) is 6.04 Å². The molecule has 1 aromatic carbocycles. The Balaban J connectivity index is 2.44. The van der Waals surface area contributed by atoms with Crippen molar-refractivity contribution >= 4 is 17.4 Å². The predicted octanol–water partition coefficient (Wildman–Crippen LogP) is 1.69. The van der Waals surface area contributed by atoms with Gasteiger partial charge in [0.15, 0.2) is 12.0 Å². The molecule has 0 radical (unpaired) electrons. The molecule has 1 aliphatic rings. The average molecular weight is 297 g/mol. The summed E-state index contributed by atoms with van der Waals surface area (Å²) in [6, 6.07) is 7.46. The maximum absolute atomic E-state index is 12.0. The van der Waals surface area contributed by atoms with Crippen LogP contribution in [0.5, 0.6) is 0 Å². The zero-order valence-electron chi connectivity index (χ0n) is 13.1. The normalized spacial score (nSPS) is 17.2. The first-order valence-corrected chi connectivity index (χ1v) is 6.93. The third-order valence-electron chi connectivity index (χ3n) is 3.52. The third kappa shape index (κ3) is 3.09. The van der Waals surface area contributed by atoms with E-state index >= 15 is 0 Å². The van der Waals surface area contributed by atoms with Crippen molar-refractivity contribution in [3.8, 4) is 6.19 Å². The van der Waals surface area contributed by atoms with Crippen LogP contribution in [0.2, 0.25) is 0 Å². The van der Waals surface area contributed by atoms with Crippen LogP contribution in [0.1, 0.15) is 25.5 Å². The van der Waals surface area contributed by atoms with Gasteiger partial charge in [-0.1, -0.05) is 12.1 Å². The zero-order chi connectivity index (χ0) is 16.3. The summed E-state index contributed by atoms with van der Waals surface area (Å²) >= 11 is 0. The number of Topliss-reactive ketones (excluding diaryl/α,β-unsaturated/α-hetero) is 1. The molecule has 0 spiro atoms. The van der Waals surface area contributed by atoms with Gasteiger partial charge in [-0.15, -0.1) is 0 Å². The molecule has 22 heavy (non-hydrogen) atoms. The highest BCUT2D eigenvalue weighted by atomic mass is 16.1. The lowest BCUT2D eigenvalue weighted by Crippen LogP contribution is -2.38. The molecule has 6 heteroatoms. The van der Waals surface area contributed by atoms with E-state index in [1.165, 1.54) is 6.92 Å². The van der Waals surface area contributed by atoms with Crippen molar-refractivity contribution in [3.63, 3.8) is 0 Å². The smallest absolute Gasteiger partial charge is 0.209 e. The predicted molar refractivity (Wildman–Crippen MR) is 86.2 cm³/mol. The molecular weight excluding hydrogens is 278 g/mol. The maximum atomic E-state index is 12.0. The number of nitrogens with one attached hydrogen (secondary N) is 2. The van der Waals surface area contributed by atoms with Crippen LogP contribution in [0.25, 0.3) is 0 Å². The lowest BCUT2D eigenvalue weighted by molar-refractivity contribution is -0.114. The Hall–Kier alpha value is -2.81. The van der Waals surface area contributed by atoms with Gasteiger partial charge < -0.3 is 10.2 Å². The molecule has 0 bridgehead atoms. The first-order chi connectivity index (χ1) is 10.4. The van der Waals surface area contributed by atoms with E-state index in [1.54, 1.807) is 0 Å². The molecule has 1 aliphatic heterocycles. The number of carbonyl (C=O) groups is 1. The van der Waals surface area contributed by atoms with Gasteiger partial charge in [-0.2, -0.15) is 5.26 Å². The Morgan fingerprint density at radius 1 is 1.36 bits per heavy atom. The van der Waals surface area contributed by atoms with E-state index in [-0.39, 0.29) is 5.78 Å². The molecule has 6 nitrogen and oxygen atoms in total. The van der Waals surface area contributed by atoms with Gasteiger partial charge in [-0.25, -0.2) is 4.99 Å². The number of allylic oxidation sites excluding steroid dienone is 1. The van der Waals surface area contributed by atoms with E-state index < -0.39 is 6.04 Å². The lowest BCUT2D eigenvalue weighted by atomic mass is 9.93. The summed E-state index contributed by atoms with van der Waals surface area (Å²) in [6.45, 7) is 3.34. The van der Waals surface area contributed by atoms with Gasteiger partial charge in [0.25, 0.3) is 0 Å². The van der Waals surface area contributed by atoms with Crippen molar-refractivity contribution in [2.75, 3.05) is 19.0 Å². The van der Waals surface area contributed by atoms with Crippen molar-refractivity contribution < 1.29 is 4.79 Å². The Labute approximate surface area is 130 Å². The summed E-state index contributed by atoms with van der Waals surface area (Å²) in [6.07, 6.45) is 1.84. The van der Waals surface area contributed by atoms with Crippen LogP contribution >= 0.6 is 0 Å². The van der Waals surface area contributed by atoms with E-state index in [0.29, 0.717) is 17.2 Å². The van der Waals surface area contributed by atoms with E-state index in [0.717, 1.165) is 11.3 Å². The minimum atomic E-state index is -0.411. The monoisotopic (exact) mass is 297 g/mol. The molecule has 1 atom stereocenters. The van der Waals surface area contributed by atoms with Crippen molar-refractivity contribution in [2.45, 2.75) is 19.9 Å². The Morgan fingerprint density at radius 3 is 2.50 bits per heavy atom. The zero-order valence-corrected chi connectivity index (χ0v) is 13.1. The van der Waals surface area contributed by atoms with Crippen molar-refractivity contribution in [3.05, 3.63) is 41.1 Å². The van der Waals surface area contributed by atoms with Crippen molar-refractivity contribution in [1.82, 2.24) is 10.6 Å². The molecule has 0 aliphatic carbocycles. The Bertz CT molecular complexity index is 679. The number of benzene rings is 1. The van der Waals surface area contributed by atoms with Crippen LogP contribution in [0.15, 0.2) is 40.5 Å². The molecule has 114 valence electrons. The first kappa shape index (κ1) is 15.6. The van der Waals surface area contributed by atoms with Gasteiger partial charge in [0, 0.05) is 31.1 Å². The Kier molecular flexibility index (Phi) is 4.47. The highest BCUT2D eigenvalue weighted by molar-refractivity contribution is 5.98. The fraction of sp³-hybridized carbons (Fsp3) is 0.312. The lowest BCUT2D eigenvalue weighted by Gasteiger charge is -2.25. The molecule has 0 amide bonds. The first-order valence-electron chi connectivity index (χ1n) is 6.93. The van der Waals surface area contributed by atoms with Crippen LogP contribution < -0.4 is 15.5 Å². The van der Waals surface area contributed by atoms with Gasteiger partial charge >= 0.3 is 0 Å². The molecule has 1 heterocycles. The number of nitriles is 1. The number of ketones is 1. The summed E-state index contributed by atoms with van der Waals surface area (Å²) in [5, 5.41) is 14.2. The topological polar surface area (TPSA) is 80.5 Å². The molecule has 2 N–H and O–H groups in total. The fourth-order valence-electron chi connectivity index (χ4n) is 2.44. The summed E-state index contributed by atoms with van der Waals surface area (Å²) in [5.74, 6) is 0.318. The summed E-state index contributed by atoms with van der Waals surface area (Å²) in [7, 11) is 3.94. The van der Waals surface area contributed by atoms with E-state index in [1.807, 2.05) is 56.4 Å². The minimum absolute atomic E-state index is 0.0357. The summed E-state index contributed by atoms with van der Waals surface area (Å²) in [4.78, 5) is 18.4. The Morgan fingerprint density at radius 2 is 2.00 bits per heavy atom. The number of hydrogen-bond acceptors (Lipinski definition) is 6. The third-order valence-corrected chi connectivity index (χ3v) is 3.52. The summed E-state index contributed by atoms with van der Waals surface area (Å²) < 4.78 is 0. The van der Waals surface area contributed by atoms with Crippen LogP contribution in [-0.4, -0.2) is 25.8 Å². The fourth-order valence-corrected chi connectivity index (χ4v) is 2.44. The number of guanidine groups is 1. The number of carbonyl (C=O) groups excluding carboxylic acids is 1. The second-order valence-corrected chi connectivity index (χ2v) is 5.32. The number of nitrogens with zero attached hydrogens (tertiary/aromatic N) is 3. The number of aliphatic imine (C=N–C) groups is 1. The molecule has 0 saturated carbocycles. The highest BCUT2D eigenvalue weighted by Crippen LogP contribution is 2.31. The molecule has 2 rings (SSSR count). The van der Waals surface area contributed by atoms with Crippen molar-refractivity contribution in [2.24, 2.45) is 4.99 Å². The molecule has 0 unspecified atom stereocenters.